The van der Waals surface area contributed by atoms with Gasteiger partial charge in [-0.3, -0.25) is 9.59 Å². The van der Waals surface area contributed by atoms with Gasteiger partial charge in [0, 0.05) is 13.1 Å². The number of benzene rings is 1. The van der Waals surface area contributed by atoms with Crippen LogP contribution >= 0.6 is 0 Å². The molecule has 0 saturated heterocycles. The Balaban J connectivity index is 3.38. The third-order valence-corrected chi connectivity index (χ3v) is 5.44. The predicted molar refractivity (Wildman–Crippen MR) is 137 cm³/mol. The van der Waals surface area contributed by atoms with Crippen molar-refractivity contribution in [2.45, 2.75) is 99.3 Å². The quantitative estimate of drug-likeness (QED) is 0.439. The van der Waals surface area contributed by atoms with Crippen LogP contribution in [-0.4, -0.2) is 47.5 Å². The van der Waals surface area contributed by atoms with E-state index in [1.165, 1.54) is 0 Å². The number of aryl methyl sites for hydroxylation is 2. The maximum Gasteiger partial charge on any atom is 0.408 e. The molecule has 1 aromatic rings. The molecule has 0 aliphatic rings. The molecule has 0 aliphatic heterocycles. The fraction of sp³-hybridized carbons (Fsp3) is 0.667. The summed E-state index contributed by atoms with van der Waals surface area (Å²) in [6, 6.07) is 4.35. The molecule has 0 aromatic heterocycles. The molecule has 0 spiro atoms. The minimum absolute atomic E-state index is 0.153. The molecule has 0 fully saturated rings. The number of ether oxygens (including phenoxy) is 1. The van der Waals surface area contributed by atoms with Crippen molar-refractivity contribution in [3.8, 4) is 0 Å². The second-order valence-corrected chi connectivity index (χ2v) is 10.4. The molecule has 2 N–H and O–H groups in total. The van der Waals surface area contributed by atoms with E-state index in [9.17, 15) is 14.4 Å². The van der Waals surface area contributed by atoms with Crippen LogP contribution in [-0.2, 0) is 14.3 Å². The first-order valence-corrected chi connectivity index (χ1v) is 12.5. The largest absolute Gasteiger partial charge is 0.444 e. The van der Waals surface area contributed by atoms with Crippen LogP contribution in [0.1, 0.15) is 90.5 Å². The summed E-state index contributed by atoms with van der Waals surface area (Å²) < 4.78 is 5.41. The lowest BCUT2D eigenvalue weighted by atomic mass is 9.95. The number of carbonyl (C=O) groups excluding carboxylic acids is 3. The van der Waals surface area contributed by atoms with E-state index in [1.54, 1.807) is 25.7 Å². The number of alkyl carbamates (subject to hydrolysis) is 1. The molecule has 2 unspecified atom stereocenters. The molecule has 0 saturated carbocycles. The van der Waals surface area contributed by atoms with E-state index < -0.39 is 23.8 Å². The maximum absolute atomic E-state index is 13.8. The van der Waals surface area contributed by atoms with Gasteiger partial charge in [0.25, 0.3) is 0 Å². The number of hydrogen-bond acceptors (Lipinski definition) is 4. The molecular weight excluding hydrogens is 430 g/mol. The topological polar surface area (TPSA) is 87.7 Å². The fourth-order valence-electron chi connectivity index (χ4n) is 3.80. The highest BCUT2D eigenvalue weighted by molar-refractivity contribution is 5.92. The highest BCUT2D eigenvalue weighted by Gasteiger charge is 2.36. The van der Waals surface area contributed by atoms with Crippen LogP contribution in [0, 0.1) is 19.8 Å². The Morgan fingerprint density at radius 1 is 1.09 bits per heavy atom. The van der Waals surface area contributed by atoms with Gasteiger partial charge in [-0.15, -0.1) is 0 Å². The van der Waals surface area contributed by atoms with Crippen LogP contribution in [0.4, 0.5) is 4.79 Å². The van der Waals surface area contributed by atoms with Gasteiger partial charge in [0.05, 0.1) is 0 Å². The zero-order valence-corrected chi connectivity index (χ0v) is 22.6. The third kappa shape index (κ3) is 9.35. The average molecular weight is 476 g/mol. The number of carbonyl (C=O) groups is 3. The van der Waals surface area contributed by atoms with Gasteiger partial charge in [-0.1, -0.05) is 51.0 Å². The van der Waals surface area contributed by atoms with Crippen LogP contribution in [0.5, 0.6) is 0 Å². The van der Waals surface area contributed by atoms with E-state index in [2.05, 4.69) is 17.6 Å². The zero-order chi connectivity index (χ0) is 26.1. The van der Waals surface area contributed by atoms with Crippen LogP contribution in [0.15, 0.2) is 18.2 Å². The average Bonchev–Trinajstić information content (AvgIpc) is 2.71. The molecule has 192 valence electrons. The fourth-order valence-corrected chi connectivity index (χ4v) is 3.80. The normalized spacial score (nSPS) is 13.2. The number of nitrogens with zero attached hydrogens (tertiary/aromatic N) is 1. The van der Waals surface area contributed by atoms with Crippen molar-refractivity contribution in [2.75, 3.05) is 13.1 Å². The highest BCUT2D eigenvalue weighted by atomic mass is 16.6. The Bertz CT molecular complexity index is 830. The van der Waals surface area contributed by atoms with E-state index in [4.69, 9.17) is 4.74 Å². The Labute approximate surface area is 206 Å². The van der Waals surface area contributed by atoms with Crippen molar-refractivity contribution in [3.05, 3.63) is 34.9 Å². The van der Waals surface area contributed by atoms with Gasteiger partial charge in [0.15, 0.2) is 0 Å². The molecule has 0 aliphatic carbocycles. The van der Waals surface area contributed by atoms with Gasteiger partial charge in [-0.05, 0) is 71.4 Å². The van der Waals surface area contributed by atoms with Gasteiger partial charge < -0.3 is 20.3 Å². The summed E-state index contributed by atoms with van der Waals surface area (Å²) in [5.41, 5.74) is 2.07. The molecule has 0 radical (unpaired) electrons. The van der Waals surface area contributed by atoms with Crippen molar-refractivity contribution in [1.29, 1.82) is 0 Å². The lowest BCUT2D eigenvalue weighted by Gasteiger charge is -2.35. The van der Waals surface area contributed by atoms with E-state index in [-0.39, 0.29) is 17.7 Å². The van der Waals surface area contributed by atoms with Crippen molar-refractivity contribution in [2.24, 2.45) is 5.92 Å². The second kappa shape index (κ2) is 13.4. The molecule has 0 bridgehead atoms. The first kappa shape index (κ1) is 29.5. The number of hydrogen-bond donors (Lipinski definition) is 2. The highest BCUT2D eigenvalue weighted by Crippen LogP contribution is 2.27. The summed E-state index contributed by atoms with van der Waals surface area (Å²) in [5.74, 6) is -0.350. The lowest BCUT2D eigenvalue weighted by Crippen LogP contribution is -2.53. The smallest absolute Gasteiger partial charge is 0.408 e. The third-order valence-electron chi connectivity index (χ3n) is 5.44. The number of nitrogens with one attached hydrogen (secondary N) is 2. The number of amides is 3. The van der Waals surface area contributed by atoms with E-state index in [0.717, 1.165) is 29.5 Å². The summed E-state index contributed by atoms with van der Waals surface area (Å²) in [6.07, 6.45) is 1.62. The molecule has 0 heterocycles. The van der Waals surface area contributed by atoms with Gasteiger partial charge in [0.1, 0.15) is 17.7 Å². The minimum Gasteiger partial charge on any atom is -0.444 e. The number of unbranched alkanes of at least 4 members (excludes halogenated alkanes) is 1. The van der Waals surface area contributed by atoms with Crippen LogP contribution in [0.25, 0.3) is 0 Å². The van der Waals surface area contributed by atoms with Gasteiger partial charge in [-0.25, -0.2) is 4.79 Å². The van der Waals surface area contributed by atoms with Gasteiger partial charge >= 0.3 is 6.09 Å². The molecule has 2 atom stereocenters. The van der Waals surface area contributed by atoms with Crippen LogP contribution in [0.2, 0.25) is 0 Å². The minimum atomic E-state index is -0.800. The first-order valence-electron chi connectivity index (χ1n) is 12.5. The van der Waals surface area contributed by atoms with Crippen LogP contribution in [0.3, 0.4) is 0 Å². The summed E-state index contributed by atoms with van der Waals surface area (Å²) in [7, 11) is 0. The van der Waals surface area contributed by atoms with E-state index in [0.29, 0.717) is 19.5 Å². The summed E-state index contributed by atoms with van der Waals surface area (Å²) in [4.78, 5) is 41.4. The summed E-state index contributed by atoms with van der Waals surface area (Å²) in [5, 5.41) is 5.76. The predicted octanol–water partition coefficient (Wildman–Crippen LogP) is 5.05. The van der Waals surface area contributed by atoms with Crippen molar-refractivity contribution in [1.82, 2.24) is 15.5 Å². The van der Waals surface area contributed by atoms with Crippen molar-refractivity contribution < 1.29 is 19.1 Å². The monoisotopic (exact) mass is 475 g/mol. The Hall–Kier alpha value is -2.57. The molecule has 3 amide bonds. The first-order chi connectivity index (χ1) is 15.8. The summed E-state index contributed by atoms with van der Waals surface area (Å²) >= 11 is 0. The maximum atomic E-state index is 13.8. The van der Waals surface area contributed by atoms with Crippen molar-refractivity contribution in [3.63, 3.8) is 0 Å². The molecule has 7 heteroatoms. The number of likely N-dealkylation sites (N-methyl/N-ethyl adjacent to an activating group) is 1. The molecule has 34 heavy (non-hydrogen) atoms. The second-order valence-electron chi connectivity index (χ2n) is 10.4. The standard InChI is InChI=1S/C27H45N3O4/c1-10-12-15-28-24(31)23(21-17-19(5)13-14-20(21)6)30(11-2)25(32)22(16-18(3)4)29-26(33)34-27(7,8)9/h13-14,17-18,22-23H,10-12,15-16H2,1-9H3,(H,28,31)(H,29,33). The van der Waals surface area contributed by atoms with Crippen molar-refractivity contribution >= 4 is 17.9 Å². The molecule has 1 rings (SSSR count). The lowest BCUT2D eigenvalue weighted by molar-refractivity contribution is -0.142. The summed E-state index contributed by atoms with van der Waals surface area (Å²) in [6.45, 7) is 18.0. The Morgan fingerprint density at radius 3 is 2.26 bits per heavy atom. The SMILES string of the molecule is CCCCNC(=O)C(c1cc(C)ccc1C)N(CC)C(=O)C(CC(C)C)NC(=O)OC(C)(C)C. The van der Waals surface area contributed by atoms with E-state index in [1.807, 2.05) is 52.8 Å². The van der Waals surface area contributed by atoms with Gasteiger partial charge in [-0.2, -0.15) is 0 Å². The van der Waals surface area contributed by atoms with Crippen LogP contribution < -0.4 is 10.6 Å². The molecule has 7 nitrogen and oxygen atoms in total. The molecular formula is C27H45N3O4. The number of rotatable bonds is 11. The Kier molecular flexibility index (Phi) is 11.6. The Morgan fingerprint density at radius 2 is 1.74 bits per heavy atom. The van der Waals surface area contributed by atoms with Gasteiger partial charge in [0.2, 0.25) is 11.8 Å². The zero-order valence-electron chi connectivity index (χ0n) is 22.6. The van der Waals surface area contributed by atoms with E-state index >= 15 is 0 Å². The molecule has 1 aromatic carbocycles.